The molecule has 0 aliphatic heterocycles. The van der Waals surface area contributed by atoms with Crippen molar-refractivity contribution in [2.75, 3.05) is 11.9 Å². The number of benzene rings is 3. The minimum absolute atomic E-state index is 0.0490. The summed E-state index contributed by atoms with van der Waals surface area (Å²) in [4.78, 5) is 24.7. The second-order valence-corrected chi connectivity index (χ2v) is 7.10. The van der Waals surface area contributed by atoms with Crippen LogP contribution < -0.4 is 15.4 Å². The van der Waals surface area contributed by atoms with E-state index >= 15 is 0 Å². The first-order valence-corrected chi connectivity index (χ1v) is 9.82. The molecule has 3 rings (SSSR count). The average Bonchev–Trinajstić information content (AvgIpc) is 2.77. The zero-order valence-electron chi connectivity index (χ0n) is 16.6. The molecule has 166 valence electrons. The van der Waals surface area contributed by atoms with Gasteiger partial charge in [-0.25, -0.2) is 0 Å². The Balaban J connectivity index is 1.62. The number of rotatable bonds is 7. The van der Waals surface area contributed by atoms with Crippen LogP contribution in [-0.4, -0.2) is 18.4 Å². The highest BCUT2D eigenvalue weighted by Crippen LogP contribution is 2.33. The molecule has 0 saturated heterocycles. The first-order chi connectivity index (χ1) is 15.2. The number of halogens is 4. The van der Waals surface area contributed by atoms with Gasteiger partial charge in [0, 0.05) is 6.54 Å². The van der Waals surface area contributed by atoms with Crippen LogP contribution in [0.15, 0.2) is 72.8 Å². The van der Waals surface area contributed by atoms with E-state index in [-0.39, 0.29) is 22.0 Å². The Morgan fingerprint density at radius 3 is 2.34 bits per heavy atom. The maximum Gasteiger partial charge on any atom is 0.416 e. The topological polar surface area (TPSA) is 67.4 Å². The van der Waals surface area contributed by atoms with Crippen molar-refractivity contribution >= 4 is 29.1 Å². The average molecular weight is 463 g/mol. The molecule has 0 radical (unpaired) electrons. The van der Waals surface area contributed by atoms with Crippen molar-refractivity contribution in [3.05, 3.63) is 94.5 Å². The van der Waals surface area contributed by atoms with Gasteiger partial charge in [0.15, 0.2) is 6.61 Å². The minimum atomic E-state index is -4.58. The number of nitrogens with one attached hydrogen (secondary N) is 2. The summed E-state index contributed by atoms with van der Waals surface area (Å²) in [6, 6.07) is 18.2. The van der Waals surface area contributed by atoms with Gasteiger partial charge in [-0.2, -0.15) is 13.2 Å². The number of alkyl halides is 3. The van der Waals surface area contributed by atoms with E-state index in [1.54, 1.807) is 12.1 Å². The van der Waals surface area contributed by atoms with Crippen molar-refractivity contribution in [1.29, 1.82) is 0 Å². The lowest BCUT2D eigenvalue weighted by Gasteiger charge is -2.13. The highest BCUT2D eigenvalue weighted by molar-refractivity contribution is 6.33. The largest absolute Gasteiger partial charge is 0.483 e. The van der Waals surface area contributed by atoms with Gasteiger partial charge in [0.05, 0.1) is 21.8 Å². The molecule has 32 heavy (non-hydrogen) atoms. The van der Waals surface area contributed by atoms with Gasteiger partial charge in [0.2, 0.25) is 0 Å². The third-order valence-electron chi connectivity index (χ3n) is 4.35. The quantitative estimate of drug-likeness (QED) is 0.500. The summed E-state index contributed by atoms with van der Waals surface area (Å²) < 4.78 is 44.1. The number of carbonyl (C=O) groups is 2. The SMILES string of the molecule is O=C(COc1ccccc1C(=O)NCc1ccccc1)Nc1cc(C(F)(F)F)ccc1Cl. The summed E-state index contributed by atoms with van der Waals surface area (Å²) in [5.41, 5.74) is -0.00698. The molecule has 0 fully saturated rings. The predicted molar refractivity (Wildman–Crippen MR) is 115 cm³/mol. The van der Waals surface area contributed by atoms with Crippen LogP contribution in [0.4, 0.5) is 18.9 Å². The molecule has 0 aliphatic rings. The standard InChI is InChI=1S/C23H18ClF3N2O3/c24-18-11-10-16(23(25,26)27)12-19(18)29-21(30)14-32-20-9-5-4-8-17(20)22(31)28-13-15-6-2-1-3-7-15/h1-12H,13-14H2,(H,28,31)(H,29,30). The van der Waals surface area contributed by atoms with Gasteiger partial charge < -0.3 is 15.4 Å². The number of hydrogen-bond acceptors (Lipinski definition) is 3. The first kappa shape index (κ1) is 23.1. The summed E-state index contributed by atoms with van der Waals surface area (Å²) in [6.45, 7) is -0.224. The van der Waals surface area contributed by atoms with Crippen LogP contribution in [0.3, 0.4) is 0 Å². The van der Waals surface area contributed by atoms with Crippen molar-refractivity contribution in [3.63, 3.8) is 0 Å². The van der Waals surface area contributed by atoms with Crippen molar-refractivity contribution in [1.82, 2.24) is 5.32 Å². The fraction of sp³-hybridized carbons (Fsp3) is 0.130. The Kier molecular flexibility index (Phi) is 7.37. The van der Waals surface area contributed by atoms with Gasteiger partial charge in [-0.15, -0.1) is 0 Å². The van der Waals surface area contributed by atoms with E-state index in [0.717, 1.165) is 23.8 Å². The molecule has 0 unspecified atom stereocenters. The summed E-state index contributed by atoms with van der Waals surface area (Å²) in [7, 11) is 0. The molecule has 0 aromatic heterocycles. The maximum atomic E-state index is 12.9. The molecule has 0 atom stereocenters. The van der Waals surface area contributed by atoms with Crippen molar-refractivity contribution < 1.29 is 27.5 Å². The molecule has 9 heteroatoms. The van der Waals surface area contributed by atoms with Gasteiger partial charge >= 0.3 is 6.18 Å². The lowest BCUT2D eigenvalue weighted by atomic mass is 10.1. The van der Waals surface area contributed by atoms with E-state index in [2.05, 4.69) is 10.6 Å². The van der Waals surface area contributed by atoms with Gasteiger partial charge in [-0.3, -0.25) is 9.59 Å². The van der Waals surface area contributed by atoms with Crippen LogP contribution in [-0.2, 0) is 17.5 Å². The molecule has 0 aliphatic carbocycles. The summed E-state index contributed by atoms with van der Waals surface area (Å²) in [5.74, 6) is -0.972. The molecule has 5 nitrogen and oxygen atoms in total. The highest BCUT2D eigenvalue weighted by Gasteiger charge is 2.31. The predicted octanol–water partition coefficient (Wildman–Crippen LogP) is 5.31. The van der Waals surface area contributed by atoms with Gasteiger partial charge in [0.25, 0.3) is 11.8 Å². The fourth-order valence-corrected chi connectivity index (χ4v) is 2.95. The molecule has 3 aromatic rings. The normalized spacial score (nSPS) is 11.0. The van der Waals surface area contributed by atoms with Gasteiger partial charge in [0.1, 0.15) is 5.75 Å². The van der Waals surface area contributed by atoms with Crippen LogP contribution >= 0.6 is 11.6 Å². The number of hydrogen-bond donors (Lipinski definition) is 2. The summed E-state index contributed by atoms with van der Waals surface area (Å²) >= 11 is 5.88. The molecule has 2 amide bonds. The fourth-order valence-electron chi connectivity index (χ4n) is 2.78. The Labute approximate surface area is 187 Å². The van der Waals surface area contributed by atoms with E-state index < -0.39 is 30.2 Å². The second kappa shape index (κ2) is 10.2. The number of anilines is 1. The van der Waals surface area contributed by atoms with Crippen LogP contribution in [0.1, 0.15) is 21.5 Å². The Bertz CT molecular complexity index is 1110. The third kappa shape index (κ3) is 6.24. The second-order valence-electron chi connectivity index (χ2n) is 6.69. The molecule has 3 aromatic carbocycles. The van der Waals surface area contributed by atoms with Crippen LogP contribution in [0.5, 0.6) is 5.75 Å². The molecule has 2 N–H and O–H groups in total. The molecule has 0 spiro atoms. The smallest absolute Gasteiger partial charge is 0.416 e. The molecular formula is C23H18ClF3N2O3. The third-order valence-corrected chi connectivity index (χ3v) is 4.68. The molecular weight excluding hydrogens is 445 g/mol. The zero-order chi connectivity index (χ0) is 23.1. The van der Waals surface area contributed by atoms with E-state index in [4.69, 9.17) is 16.3 Å². The Hall–Kier alpha value is -3.52. The molecule has 0 bridgehead atoms. The number of ether oxygens (including phenoxy) is 1. The monoisotopic (exact) mass is 462 g/mol. The zero-order valence-corrected chi connectivity index (χ0v) is 17.3. The number of carbonyl (C=O) groups excluding carboxylic acids is 2. The maximum absolute atomic E-state index is 12.9. The first-order valence-electron chi connectivity index (χ1n) is 9.44. The van der Waals surface area contributed by atoms with E-state index in [1.165, 1.54) is 12.1 Å². The van der Waals surface area contributed by atoms with E-state index in [9.17, 15) is 22.8 Å². The van der Waals surface area contributed by atoms with Crippen LogP contribution in [0.2, 0.25) is 5.02 Å². The van der Waals surface area contributed by atoms with Crippen molar-refractivity contribution in [3.8, 4) is 5.75 Å². The Morgan fingerprint density at radius 1 is 0.938 bits per heavy atom. The van der Waals surface area contributed by atoms with Crippen molar-refractivity contribution in [2.24, 2.45) is 0 Å². The lowest BCUT2D eigenvalue weighted by Crippen LogP contribution is -2.25. The van der Waals surface area contributed by atoms with Crippen LogP contribution in [0, 0.1) is 0 Å². The van der Waals surface area contributed by atoms with Gasteiger partial charge in [-0.05, 0) is 35.9 Å². The van der Waals surface area contributed by atoms with E-state index in [1.807, 2.05) is 30.3 Å². The number of amides is 2. The van der Waals surface area contributed by atoms with Crippen molar-refractivity contribution in [2.45, 2.75) is 12.7 Å². The molecule has 0 heterocycles. The van der Waals surface area contributed by atoms with Gasteiger partial charge in [-0.1, -0.05) is 54.1 Å². The summed E-state index contributed by atoms with van der Waals surface area (Å²) in [5, 5.41) is 5.01. The highest BCUT2D eigenvalue weighted by atomic mass is 35.5. The minimum Gasteiger partial charge on any atom is -0.483 e. The number of para-hydroxylation sites is 1. The molecule has 0 saturated carbocycles. The van der Waals surface area contributed by atoms with Crippen LogP contribution in [0.25, 0.3) is 0 Å². The Morgan fingerprint density at radius 2 is 1.62 bits per heavy atom. The lowest BCUT2D eigenvalue weighted by molar-refractivity contribution is -0.137. The van der Waals surface area contributed by atoms with E-state index in [0.29, 0.717) is 6.54 Å². The summed E-state index contributed by atoms with van der Waals surface area (Å²) in [6.07, 6.45) is -4.58.